The molecule has 3 atom stereocenters. The van der Waals surface area contributed by atoms with Crippen LogP contribution in [0.2, 0.25) is 0 Å². The van der Waals surface area contributed by atoms with E-state index in [0.717, 1.165) is 18.2 Å². The summed E-state index contributed by atoms with van der Waals surface area (Å²) in [6.07, 6.45) is -1.38. The zero-order valence-corrected chi connectivity index (χ0v) is 14.8. The molecule has 1 aromatic rings. The van der Waals surface area contributed by atoms with Gasteiger partial charge in [-0.1, -0.05) is 0 Å². The van der Waals surface area contributed by atoms with Gasteiger partial charge < -0.3 is 10.5 Å². The van der Waals surface area contributed by atoms with Crippen molar-refractivity contribution in [2.24, 2.45) is 10.7 Å². The lowest BCUT2D eigenvalue weighted by atomic mass is 9.86. The molecule has 2 N–H and O–H groups in total. The average Bonchev–Trinajstić information content (AvgIpc) is 2.94. The number of amidine groups is 1. The van der Waals surface area contributed by atoms with E-state index in [-0.39, 0.29) is 11.4 Å². The summed E-state index contributed by atoms with van der Waals surface area (Å²) in [6, 6.07) is 2.69. The number of rotatable bonds is 3. The maximum atomic E-state index is 14.6. The zero-order chi connectivity index (χ0) is 19.5. The van der Waals surface area contributed by atoms with Gasteiger partial charge in [0.15, 0.2) is 9.84 Å². The van der Waals surface area contributed by atoms with Crippen molar-refractivity contribution >= 4 is 21.4 Å². The molecule has 0 amide bonds. The number of hydrogen-bond donors (Lipinski definition) is 1. The number of nitrogens with two attached hydrogens (primary N) is 1. The molecular formula is C15H17F2N3O5S. The summed E-state index contributed by atoms with van der Waals surface area (Å²) in [6.45, 7) is 1.05. The Hall–Kier alpha value is -2.14. The second-order valence-corrected chi connectivity index (χ2v) is 9.44. The largest absolute Gasteiger partial charge is 0.386 e. The Labute approximate surface area is 148 Å². The standard InChI is InChI=1S/C15H17F2N3O5S/c1-14(2)13(18)19-15(7-25-11(6-16)12(15)26(14,23)24)9-5-8(20(21)22)3-4-10(9)17/h3-5,11-12H,6-7H2,1-2H3,(H2,18,19)/t11?,12-,15-/m1/s1. The predicted molar refractivity (Wildman–Crippen MR) is 88.9 cm³/mol. The van der Waals surface area contributed by atoms with Gasteiger partial charge in [0.05, 0.1) is 11.5 Å². The minimum atomic E-state index is -4.16. The molecule has 1 fully saturated rings. The van der Waals surface area contributed by atoms with E-state index < -0.39 is 61.2 Å². The molecule has 11 heteroatoms. The van der Waals surface area contributed by atoms with Gasteiger partial charge in [0.2, 0.25) is 0 Å². The van der Waals surface area contributed by atoms with Gasteiger partial charge in [-0.15, -0.1) is 0 Å². The number of fused-ring (bicyclic) bond motifs is 1. The maximum absolute atomic E-state index is 14.6. The average molecular weight is 389 g/mol. The van der Waals surface area contributed by atoms with Gasteiger partial charge in [0, 0.05) is 17.7 Å². The summed E-state index contributed by atoms with van der Waals surface area (Å²) in [5, 5.41) is 9.51. The van der Waals surface area contributed by atoms with Gasteiger partial charge in [-0.3, -0.25) is 15.1 Å². The first-order valence-corrected chi connectivity index (χ1v) is 9.25. The number of hydrogen-bond acceptors (Lipinski definition) is 7. The van der Waals surface area contributed by atoms with Gasteiger partial charge in [0.1, 0.15) is 40.0 Å². The number of non-ortho nitro benzene ring substituents is 1. The Morgan fingerprint density at radius 1 is 1.46 bits per heavy atom. The number of nitrogens with zero attached hydrogens (tertiary/aromatic N) is 2. The molecule has 0 aliphatic carbocycles. The van der Waals surface area contributed by atoms with Gasteiger partial charge in [-0.25, -0.2) is 17.2 Å². The fraction of sp³-hybridized carbons (Fsp3) is 0.533. The van der Waals surface area contributed by atoms with Crippen molar-refractivity contribution in [3.63, 3.8) is 0 Å². The number of nitro benzene ring substituents is 1. The molecule has 0 radical (unpaired) electrons. The zero-order valence-electron chi connectivity index (χ0n) is 14.0. The molecule has 142 valence electrons. The normalized spacial score (nSPS) is 31.9. The minimum Gasteiger partial charge on any atom is -0.386 e. The SMILES string of the molecule is CC1(C)C(N)=N[C@@]2(c3cc([N+](=O)[O-])ccc3F)COC(CF)[C@H]2S1(=O)=O. The molecule has 2 heterocycles. The molecule has 0 spiro atoms. The molecule has 0 bridgehead atoms. The van der Waals surface area contributed by atoms with E-state index >= 15 is 0 Å². The summed E-state index contributed by atoms with van der Waals surface area (Å²) < 4.78 is 58.0. The fourth-order valence-corrected chi connectivity index (χ4v) is 5.74. The van der Waals surface area contributed by atoms with E-state index in [4.69, 9.17) is 10.5 Å². The van der Waals surface area contributed by atoms with E-state index in [1.807, 2.05) is 0 Å². The highest BCUT2D eigenvalue weighted by molar-refractivity contribution is 7.94. The fourth-order valence-electron chi connectivity index (χ4n) is 3.45. The van der Waals surface area contributed by atoms with Crippen LogP contribution in [0.15, 0.2) is 23.2 Å². The van der Waals surface area contributed by atoms with Gasteiger partial charge in [0.25, 0.3) is 5.69 Å². The second-order valence-electron chi connectivity index (χ2n) is 6.82. The van der Waals surface area contributed by atoms with Gasteiger partial charge in [-0.05, 0) is 19.9 Å². The van der Waals surface area contributed by atoms with Crippen LogP contribution in [0.1, 0.15) is 19.4 Å². The molecule has 3 rings (SSSR count). The van der Waals surface area contributed by atoms with Crippen LogP contribution in [0.4, 0.5) is 14.5 Å². The third kappa shape index (κ3) is 2.26. The highest BCUT2D eigenvalue weighted by atomic mass is 32.2. The van der Waals surface area contributed by atoms with Crippen LogP contribution in [-0.2, 0) is 20.1 Å². The number of sulfone groups is 1. The number of nitro groups is 1. The molecule has 26 heavy (non-hydrogen) atoms. The Bertz CT molecular complexity index is 918. The number of alkyl halides is 1. The molecule has 8 nitrogen and oxygen atoms in total. The minimum absolute atomic E-state index is 0.289. The van der Waals surface area contributed by atoms with Crippen LogP contribution in [-0.4, -0.2) is 48.6 Å². The van der Waals surface area contributed by atoms with E-state index in [1.165, 1.54) is 13.8 Å². The monoisotopic (exact) mass is 389 g/mol. The summed E-state index contributed by atoms with van der Waals surface area (Å²) in [4.78, 5) is 14.5. The van der Waals surface area contributed by atoms with Crippen LogP contribution in [0.5, 0.6) is 0 Å². The first-order valence-electron chi connectivity index (χ1n) is 7.70. The molecule has 1 saturated heterocycles. The number of aliphatic imine (C=N–C) groups is 1. The first-order chi connectivity index (χ1) is 12.0. The van der Waals surface area contributed by atoms with Crippen molar-refractivity contribution in [2.45, 2.75) is 35.5 Å². The molecule has 0 aromatic heterocycles. The lowest BCUT2D eigenvalue weighted by Crippen LogP contribution is -2.62. The quantitative estimate of drug-likeness (QED) is 0.612. The number of halogens is 2. The lowest BCUT2D eigenvalue weighted by molar-refractivity contribution is -0.385. The predicted octanol–water partition coefficient (Wildman–Crippen LogP) is 1.23. The molecular weight excluding hydrogens is 372 g/mol. The Kier molecular flexibility index (Phi) is 4.07. The smallest absolute Gasteiger partial charge is 0.270 e. The Morgan fingerprint density at radius 2 is 2.12 bits per heavy atom. The van der Waals surface area contributed by atoms with Crippen molar-refractivity contribution in [3.05, 3.63) is 39.7 Å². The molecule has 1 aromatic carbocycles. The van der Waals surface area contributed by atoms with Crippen molar-refractivity contribution < 1.29 is 26.9 Å². The second kappa shape index (κ2) is 5.68. The molecule has 1 unspecified atom stereocenters. The van der Waals surface area contributed by atoms with Crippen LogP contribution < -0.4 is 5.73 Å². The highest BCUT2D eigenvalue weighted by Gasteiger charge is 2.65. The molecule has 2 aliphatic rings. The summed E-state index contributed by atoms with van der Waals surface area (Å²) in [5.74, 6) is -1.20. The number of benzene rings is 1. The van der Waals surface area contributed by atoms with E-state index in [2.05, 4.69) is 4.99 Å². The van der Waals surface area contributed by atoms with Crippen molar-refractivity contribution in [1.82, 2.24) is 0 Å². The number of ether oxygens (including phenoxy) is 1. The van der Waals surface area contributed by atoms with Crippen molar-refractivity contribution in [3.8, 4) is 0 Å². The first kappa shape index (κ1) is 18.6. The van der Waals surface area contributed by atoms with Crippen LogP contribution in [0.3, 0.4) is 0 Å². The molecule has 0 saturated carbocycles. The highest BCUT2D eigenvalue weighted by Crippen LogP contribution is 2.49. The lowest BCUT2D eigenvalue weighted by Gasteiger charge is -2.42. The van der Waals surface area contributed by atoms with E-state index in [0.29, 0.717) is 0 Å². The molecule has 2 aliphatic heterocycles. The van der Waals surface area contributed by atoms with Crippen LogP contribution in [0, 0.1) is 15.9 Å². The summed E-state index contributed by atoms with van der Waals surface area (Å²) in [7, 11) is -4.16. The maximum Gasteiger partial charge on any atom is 0.270 e. The Morgan fingerprint density at radius 3 is 2.69 bits per heavy atom. The Balaban J connectivity index is 2.36. The third-order valence-electron chi connectivity index (χ3n) is 5.09. The van der Waals surface area contributed by atoms with Crippen molar-refractivity contribution in [1.29, 1.82) is 0 Å². The van der Waals surface area contributed by atoms with Gasteiger partial charge in [-0.2, -0.15) is 0 Å². The van der Waals surface area contributed by atoms with Crippen LogP contribution in [0.25, 0.3) is 0 Å². The van der Waals surface area contributed by atoms with Gasteiger partial charge >= 0.3 is 0 Å². The summed E-state index contributed by atoms with van der Waals surface area (Å²) in [5.41, 5.74) is 3.18. The summed E-state index contributed by atoms with van der Waals surface area (Å²) >= 11 is 0. The van der Waals surface area contributed by atoms with Crippen LogP contribution >= 0.6 is 0 Å². The van der Waals surface area contributed by atoms with Crippen molar-refractivity contribution in [2.75, 3.05) is 13.3 Å². The van der Waals surface area contributed by atoms with E-state index in [9.17, 15) is 27.3 Å². The third-order valence-corrected chi connectivity index (χ3v) is 8.08. The topological polar surface area (TPSA) is 125 Å². The van der Waals surface area contributed by atoms with E-state index in [1.54, 1.807) is 0 Å².